The summed E-state index contributed by atoms with van der Waals surface area (Å²) in [4.78, 5) is 16.1. The van der Waals surface area contributed by atoms with Gasteiger partial charge in [-0.25, -0.2) is 4.98 Å². The molecule has 0 unspecified atom stereocenters. The number of fused-ring (bicyclic) bond motifs is 1. The molecule has 0 atom stereocenters. The zero-order valence-electron chi connectivity index (χ0n) is 12.7. The summed E-state index contributed by atoms with van der Waals surface area (Å²) < 4.78 is 41.8. The number of ether oxygens (including phenoxy) is 1. The zero-order chi connectivity index (χ0) is 17.9. The highest BCUT2D eigenvalue weighted by Crippen LogP contribution is 2.23. The minimum Gasteiger partial charge on any atom is -0.406 e. The van der Waals surface area contributed by atoms with Crippen molar-refractivity contribution in [3.05, 3.63) is 66.6 Å². The quantitative estimate of drug-likeness (QED) is 0.729. The first kappa shape index (κ1) is 16.6. The number of pyridine rings is 1. The van der Waals surface area contributed by atoms with Gasteiger partial charge in [-0.3, -0.25) is 4.79 Å². The molecule has 3 aromatic rings. The van der Waals surface area contributed by atoms with Crippen molar-refractivity contribution in [2.45, 2.75) is 6.36 Å². The Hall–Kier alpha value is -3.29. The number of hydrogen-bond donors (Lipinski definition) is 1. The van der Waals surface area contributed by atoms with Crippen LogP contribution in [0.4, 0.5) is 18.9 Å². The topological polar surface area (TPSA) is 55.6 Å². The standard InChI is InChI=1S/C17H12F3N3O2/c18-17(19,20)25-14-7-4-12(5-8-14)22-16(24)9-6-13-11-21-15-3-1-2-10-23(13)15/h1-11H,(H,22,24)/b9-6+. The minimum absolute atomic E-state index is 0.349. The molecule has 0 radical (unpaired) electrons. The number of carbonyl (C=O) groups is 1. The summed E-state index contributed by atoms with van der Waals surface area (Å²) in [5, 5.41) is 2.55. The number of imidazole rings is 1. The van der Waals surface area contributed by atoms with Crippen LogP contribution in [0.1, 0.15) is 5.69 Å². The number of nitrogens with one attached hydrogen (secondary N) is 1. The van der Waals surface area contributed by atoms with Crippen LogP contribution in [-0.4, -0.2) is 21.7 Å². The molecule has 0 fully saturated rings. The third-order valence-corrected chi connectivity index (χ3v) is 3.21. The molecule has 0 saturated heterocycles. The SMILES string of the molecule is O=C(/C=C/c1cnc2ccccn12)Nc1ccc(OC(F)(F)F)cc1. The largest absolute Gasteiger partial charge is 0.573 e. The molecule has 5 nitrogen and oxygen atoms in total. The van der Waals surface area contributed by atoms with Gasteiger partial charge in [0.1, 0.15) is 11.4 Å². The van der Waals surface area contributed by atoms with Crippen LogP contribution >= 0.6 is 0 Å². The predicted octanol–water partition coefficient (Wildman–Crippen LogP) is 3.88. The number of anilines is 1. The van der Waals surface area contributed by atoms with E-state index in [9.17, 15) is 18.0 Å². The Morgan fingerprint density at radius 3 is 2.64 bits per heavy atom. The highest BCUT2D eigenvalue weighted by molar-refractivity contribution is 6.01. The molecular weight excluding hydrogens is 335 g/mol. The minimum atomic E-state index is -4.75. The van der Waals surface area contributed by atoms with Gasteiger partial charge in [0, 0.05) is 18.0 Å². The lowest BCUT2D eigenvalue weighted by Crippen LogP contribution is -2.17. The average Bonchev–Trinajstić information content (AvgIpc) is 2.97. The van der Waals surface area contributed by atoms with E-state index in [1.807, 2.05) is 28.8 Å². The van der Waals surface area contributed by atoms with E-state index in [2.05, 4.69) is 15.0 Å². The van der Waals surface area contributed by atoms with Gasteiger partial charge in [-0.1, -0.05) is 6.07 Å². The van der Waals surface area contributed by atoms with Gasteiger partial charge in [0.25, 0.3) is 0 Å². The van der Waals surface area contributed by atoms with Crippen LogP contribution in [0, 0.1) is 0 Å². The maximum absolute atomic E-state index is 12.1. The molecule has 8 heteroatoms. The molecule has 0 aliphatic rings. The number of benzene rings is 1. The van der Waals surface area contributed by atoms with Gasteiger partial charge in [-0.15, -0.1) is 13.2 Å². The predicted molar refractivity (Wildman–Crippen MR) is 86.0 cm³/mol. The Morgan fingerprint density at radius 2 is 1.92 bits per heavy atom. The zero-order valence-corrected chi connectivity index (χ0v) is 12.7. The summed E-state index contributed by atoms with van der Waals surface area (Å²) in [6.07, 6.45) is 1.61. The summed E-state index contributed by atoms with van der Waals surface area (Å²) in [5.74, 6) is -0.776. The molecule has 25 heavy (non-hydrogen) atoms. The van der Waals surface area contributed by atoms with Gasteiger partial charge in [0.15, 0.2) is 0 Å². The van der Waals surface area contributed by atoms with Crippen molar-refractivity contribution in [3.8, 4) is 5.75 Å². The summed E-state index contributed by atoms with van der Waals surface area (Å²) in [6.45, 7) is 0. The summed E-state index contributed by atoms with van der Waals surface area (Å²) in [7, 11) is 0. The molecule has 0 saturated carbocycles. The van der Waals surface area contributed by atoms with E-state index < -0.39 is 12.3 Å². The Balaban J connectivity index is 1.64. The third kappa shape index (κ3) is 4.37. The molecule has 0 bridgehead atoms. The number of hydrogen-bond acceptors (Lipinski definition) is 3. The van der Waals surface area contributed by atoms with E-state index in [0.717, 1.165) is 23.5 Å². The van der Waals surface area contributed by atoms with Crippen LogP contribution in [0.5, 0.6) is 5.75 Å². The normalized spacial score (nSPS) is 11.8. The van der Waals surface area contributed by atoms with E-state index in [4.69, 9.17) is 0 Å². The molecule has 0 aliphatic heterocycles. The smallest absolute Gasteiger partial charge is 0.406 e. The van der Waals surface area contributed by atoms with Gasteiger partial charge in [-0.2, -0.15) is 0 Å². The number of halogens is 3. The van der Waals surface area contributed by atoms with Crippen molar-refractivity contribution >= 4 is 23.3 Å². The maximum Gasteiger partial charge on any atom is 0.573 e. The number of carbonyl (C=O) groups excluding carboxylic acids is 1. The van der Waals surface area contributed by atoms with Gasteiger partial charge in [-0.05, 0) is 42.5 Å². The van der Waals surface area contributed by atoms with Gasteiger partial charge in [0.2, 0.25) is 5.91 Å². The fraction of sp³-hybridized carbons (Fsp3) is 0.0588. The molecule has 2 heterocycles. The number of rotatable bonds is 4. The Kier molecular flexibility index (Phi) is 4.42. The molecule has 128 valence electrons. The Morgan fingerprint density at radius 1 is 1.16 bits per heavy atom. The number of alkyl halides is 3. The number of nitrogens with zero attached hydrogens (tertiary/aromatic N) is 2. The molecule has 3 rings (SSSR count). The highest BCUT2D eigenvalue weighted by atomic mass is 19.4. The van der Waals surface area contributed by atoms with Crippen molar-refractivity contribution in [2.24, 2.45) is 0 Å². The van der Waals surface area contributed by atoms with Crippen LogP contribution in [0.2, 0.25) is 0 Å². The Labute approximate surface area is 140 Å². The summed E-state index contributed by atoms with van der Waals surface area (Å²) in [5.41, 5.74) is 1.82. The number of aromatic nitrogens is 2. The molecule has 1 amide bonds. The van der Waals surface area contributed by atoms with Crippen molar-refractivity contribution in [2.75, 3.05) is 5.32 Å². The highest BCUT2D eigenvalue weighted by Gasteiger charge is 2.30. The van der Waals surface area contributed by atoms with Crippen LogP contribution in [0.25, 0.3) is 11.7 Å². The lowest BCUT2D eigenvalue weighted by molar-refractivity contribution is -0.274. The molecular formula is C17H12F3N3O2. The van der Waals surface area contributed by atoms with E-state index in [1.54, 1.807) is 12.3 Å². The first-order valence-corrected chi connectivity index (χ1v) is 7.18. The molecule has 2 aromatic heterocycles. The number of amides is 1. The first-order chi connectivity index (χ1) is 11.9. The van der Waals surface area contributed by atoms with E-state index in [-0.39, 0.29) is 5.75 Å². The van der Waals surface area contributed by atoms with Crippen LogP contribution in [-0.2, 0) is 4.79 Å². The molecule has 0 spiro atoms. The van der Waals surface area contributed by atoms with Crippen molar-refractivity contribution < 1.29 is 22.7 Å². The summed E-state index contributed by atoms with van der Waals surface area (Å²) >= 11 is 0. The fourth-order valence-electron chi connectivity index (χ4n) is 2.16. The van der Waals surface area contributed by atoms with Gasteiger partial charge >= 0.3 is 6.36 Å². The van der Waals surface area contributed by atoms with Crippen LogP contribution in [0.15, 0.2) is 60.9 Å². The molecule has 1 N–H and O–H groups in total. The second kappa shape index (κ2) is 6.68. The second-order valence-electron chi connectivity index (χ2n) is 5.01. The van der Waals surface area contributed by atoms with E-state index in [0.29, 0.717) is 5.69 Å². The van der Waals surface area contributed by atoms with Gasteiger partial charge < -0.3 is 14.5 Å². The fourth-order valence-corrected chi connectivity index (χ4v) is 2.16. The molecule has 0 aliphatic carbocycles. The van der Waals surface area contributed by atoms with E-state index in [1.165, 1.54) is 18.2 Å². The lowest BCUT2D eigenvalue weighted by Gasteiger charge is -2.09. The first-order valence-electron chi connectivity index (χ1n) is 7.18. The second-order valence-corrected chi connectivity index (χ2v) is 5.01. The van der Waals surface area contributed by atoms with Crippen LogP contribution in [0.3, 0.4) is 0 Å². The Bertz CT molecular complexity index is 915. The van der Waals surface area contributed by atoms with E-state index >= 15 is 0 Å². The molecule has 1 aromatic carbocycles. The van der Waals surface area contributed by atoms with Crippen molar-refractivity contribution in [1.82, 2.24) is 9.38 Å². The summed E-state index contributed by atoms with van der Waals surface area (Å²) in [6, 6.07) is 10.4. The van der Waals surface area contributed by atoms with Crippen molar-refractivity contribution in [3.63, 3.8) is 0 Å². The maximum atomic E-state index is 12.1. The lowest BCUT2D eigenvalue weighted by atomic mass is 10.3. The average molecular weight is 347 g/mol. The monoisotopic (exact) mass is 347 g/mol. The van der Waals surface area contributed by atoms with Crippen molar-refractivity contribution in [1.29, 1.82) is 0 Å². The third-order valence-electron chi connectivity index (χ3n) is 3.21. The van der Waals surface area contributed by atoms with Crippen LogP contribution < -0.4 is 10.1 Å². The van der Waals surface area contributed by atoms with Gasteiger partial charge in [0.05, 0.1) is 11.9 Å².